The zero-order valence-electron chi connectivity index (χ0n) is 16.8. The molecule has 160 valence electrons. The van der Waals surface area contributed by atoms with Gasteiger partial charge in [0.05, 0.1) is 4.90 Å². The van der Waals surface area contributed by atoms with Crippen molar-refractivity contribution in [3.8, 4) is 0 Å². The Morgan fingerprint density at radius 2 is 1.45 bits per heavy atom. The topological polar surface area (TPSA) is 87.3 Å². The van der Waals surface area contributed by atoms with Gasteiger partial charge in [-0.3, -0.25) is 14.8 Å². The predicted octanol–water partition coefficient (Wildman–Crippen LogP) is 4.99. The zero-order chi connectivity index (χ0) is 22.6. The van der Waals surface area contributed by atoms with Crippen LogP contribution in [0.1, 0.15) is 21.5 Å². The van der Waals surface area contributed by atoms with Gasteiger partial charge < -0.3 is 5.32 Å². The minimum absolute atomic E-state index is 0.108. The number of carbonyl (C=O) groups is 1. The van der Waals surface area contributed by atoms with Crippen molar-refractivity contribution in [3.05, 3.63) is 87.9 Å². The second-order valence-corrected chi connectivity index (χ2v) is 9.93. The van der Waals surface area contributed by atoms with E-state index in [2.05, 4.69) is 31.3 Å². The molecule has 0 aliphatic rings. The van der Waals surface area contributed by atoms with E-state index < -0.39 is 10.0 Å². The van der Waals surface area contributed by atoms with Crippen LogP contribution in [-0.4, -0.2) is 19.4 Å². The average Bonchev–Trinajstić information content (AvgIpc) is 2.67. The van der Waals surface area contributed by atoms with Crippen molar-refractivity contribution >= 4 is 60.6 Å². The maximum absolute atomic E-state index is 12.7. The monoisotopic (exact) mass is 517 g/mol. The lowest BCUT2D eigenvalue weighted by molar-refractivity contribution is 0.0977. The number of thiocarbonyl (C=S) groups is 1. The Balaban J connectivity index is 1.64. The second-order valence-electron chi connectivity index (χ2n) is 6.92. The first-order valence-corrected chi connectivity index (χ1v) is 11.9. The molecule has 0 fully saturated rings. The van der Waals surface area contributed by atoms with Crippen molar-refractivity contribution < 1.29 is 13.2 Å². The first-order chi connectivity index (χ1) is 14.6. The van der Waals surface area contributed by atoms with Crippen LogP contribution in [-0.2, 0) is 10.0 Å². The maximum Gasteiger partial charge on any atom is 0.261 e. The predicted molar refractivity (Wildman–Crippen MR) is 131 cm³/mol. The van der Waals surface area contributed by atoms with Crippen LogP contribution in [0.25, 0.3) is 0 Å². The lowest BCUT2D eigenvalue weighted by atomic mass is 10.1. The Morgan fingerprint density at radius 1 is 0.871 bits per heavy atom. The molecule has 0 radical (unpaired) electrons. The summed E-state index contributed by atoms with van der Waals surface area (Å²) in [6, 6.07) is 18.5. The van der Waals surface area contributed by atoms with Crippen LogP contribution < -0.4 is 15.4 Å². The van der Waals surface area contributed by atoms with Crippen LogP contribution in [0.15, 0.2) is 76.1 Å². The number of anilines is 2. The van der Waals surface area contributed by atoms with Gasteiger partial charge in [-0.1, -0.05) is 22.0 Å². The highest BCUT2D eigenvalue weighted by molar-refractivity contribution is 9.10. The number of carbonyl (C=O) groups excluding carboxylic acids is 1. The summed E-state index contributed by atoms with van der Waals surface area (Å²) < 4.78 is 28.8. The summed E-state index contributed by atoms with van der Waals surface area (Å²) >= 11 is 8.49. The van der Waals surface area contributed by atoms with Crippen LogP contribution in [0.2, 0.25) is 0 Å². The van der Waals surface area contributed by atoms with Crippen LogP contribution in [0.3, 0.4) is 0 Å². The summed E-state index contributed by atoms with van der Waals surface area (Å²) in [5.74, 6) is -0.346. The van der Waals surface area contributed by atoms with Crippen LogP contribution >= 0.6 is 28.1 Å². The number of benzene rings is 3. The SMILES string of the molecule is Cc1cc(C)cc(NS(=O)(=O)c2ccc(NC(=S)NC(=O)c3ccc(Br)cc3)cc2)c1. The molecule has 0 atom stereocenters. The molecule has 3 aromatic carbocycles. The van der Waals surface area contributed by atoms with Gasteiger partial charge in [0.2, 0.25) is 0 Å². The van der Waals surface area contributed by atoms with E-state index in [1.165, 1.54) is 12.1 Å². The van der Waals surface area contributed by atoms with Crippen LogP contribution in [0.5, 0.6) is 0 Å². The molecule has 0 saturated carbocycles. The lowest BCUT2D eigenvalue weighted by Gasteiger charge is -2.12. The average molecular weight is 518 g/mol. The molecule has 0 spiro atoms. The Kier molecular flexibility index (Phi) is 7.09. The summed E-state index contributed by atoms with van der Waals surface area (Å²) in [5.41, 5.74) is 3.46. The molecule has 3 N–H and O–H groups in total. The highest BCUT2D eigenvalue weighted by atomic mass is 79.9. The number of hydrogen-bond donors (Lipinski definition) is 3. The van der Waals surface area contributed by atoms with Gasteiger partial charge in [-0.05, 0) is 97.9 Å². The van der Waals surface area contributed by atoms with Crippen molar-refractivity contribution in [2.45, 2.75) is 18.7 Å². The molecule has 0 saturated heterocycles. The van der Waals surface area contributed by atoms with E-state index in [1.807, 2.05) is 19.9 Å². The molecule has 0 aliphatic heterocycles. The minimum Gasteiger partial charge on any atom is -0.332 e. The van der Waals surface area contributed by atoms with Gasteiger partial charge in [-0.2, -0.15) is 0 Å². The molecule has 0 heterocycles. The third kappa shape index (κ3) is 6.36. The fourth-order valence-corrected chi connectivity index (χ4v) is 4.42. The number of halogens is 1. The number of nitrogens with one attached hydrogen (secondary N) is 3. The fourth-order valence-electron chi connectivity index (χ4n) is 2.90. The number of amides is 1. The quantitative estimate of drug-likeness (QED) is 0.414. The van der Waals surface area contributed by atoms with E-state index in [9.17, 15) is 13.2 Å². The summed E-state index contributed by atoms with van der Waals surface area (Å²) in [7, 11) is -3.73. The Morgan fingerprint density at radius 3 is 2.03 bits per heavy atom. The highest BCUT2D eigenvalue weighted by Crippen LogP contribution is 2.20. The molecular weight excluding hydrogens is 498 g/mol. The molecular formula is C22H20BrN3O3S2. The fraction of sp³-hybridized carbons (Fsp3) is 0.0909. The number of aryl methyl sites for hydroxylation is 2. The first kappa shape index (κ1) is 22.9. The molecule has 1 amide bonds. The first-order valence-electron chi connectivity index (χ1n) is 9.21. The third-order valence-corrected chi connectivity index (χ3v) is 6.36. The van der Waals surface area contributed by atoms with Gasteiger partial charge in [0.25, 0.3) is 15.9 Å². The van der Waals surface area contributed by atoms with Crippen molar-refractivity contribution in [1.82, 2.24) is 5.32 Å². The molecule has 31 heavy (non-hydrogen) atoms. The molecule has 3 rings (SSSR count). The summed E-state index contributed by atoms with van der Waals surface area (Å²) in [5, 5.41) is 5.57. The van der Waals surface area contributed by atoms with Crippen molar-refractivity contribution in [3.63, 3.8) is 0 Å². The minimum atomic E-state index is -3.73. The van der Waals surface area contributed by atoms with Crippen molar-refractivity contribution in [2.24, 2.45) is 0 Å². The van der Waals surface area contributed by atoms with E-state index in [0.29, 0.717) is 16.9 Å². The van der Waals surface area contributed by atoms with E-state index >= 15 is 0 Å². The smallest absolute Gasteiger partial charge is 0.261 e. The molecule has 9 heteroatoms. The maximum atomic E-state index is 12.7. The third-order valence-electron chi connectivity index (χ3n) is 4.23. The van der Waals surface area contributed by atoms with E-state index in [4.69, 9.17) is 12.2 Å². The van der Waals surface area contributed by atoms with Crippen molar-refractivity contribution in [2.75, 3.05) is 10.0 Å². The largest absolute Gasteiger partial charge is 0.332 e. The number of hydrogen-bond acceptors (Lipinski definition) is 4. The van der Waals surface area contributed by atoms with Gasteiger partial charge in [0.15, 0.2) is 5.11 Å². The van der Waals surface area contributed by atoms with Crippen molar-refractivity contribution in [1.29, 1.82) is 0 Å². The van der Waals surface area contributed by atoms with Crippen LogP contribution in [0, 0.1) is 13.8 Å². The molecule has 0 unspecified atom stereocenters. The number of sulfonamides is 1. The lowest BCUT2D eigenvalue weighted by Crippen LogP contribution is -2.34. The van der Waals surface area contributed by atoms with E-state index in [-0.39, 0.29) is 15.9 Å². The van der Waals surface area contributed by atoms with E-state index in [1.54, 1.807) is 48.5 Å². The van der Waals surface area contributed by atoms with Crippen LogP contribution in [0.4, 0.5) is 11.4 Å². The Labute approximate surface area is 195 Å². The van der Waals surface area contributed by atoms with Gasteiger partial charge in [0, 0.05) is 21.4 Å². The van der Waals surface area contributed by atoms with Gasteiger partial charge in [-0.15, -0.1) is 0 Å². The standard InChI is InChI=1S/C22H20BrN3O3S2/c1-14-11-15(2)13-19(12-14)26-31(28,29)20-9-7-18(8-10-20)24-22(30)25-21(27)16-3-5-17(23)6-4-16/h3-13,26H,1-2H3,(H2,24,25,27,30). The molecule has 3 aromatic rings. The summed E-state index contributed by atoms with van der Waals surface area (Å²) in [6.07, 6.45) is 0. The molecule has 0 aliphatic carbocycles. The van der Waals surface area contributed by atoms with E-state index in [0.717, 1.165) is 15.6 Å². The summed E-state index contributed by atoms with van der Waals surface area (Å²) in [4.78, 5) is 12.3. The molecule has 6 nitrogen and oxygen atoms in total. The Hall–Kier alpha value is -2.75. The number of rotatable bonds is 5. The van der Waals surface area contributed by atoms with Gasteiger partial charge in [0.1, 0.15) is 0 Å². The molecule has 0 bridgehead atoms. The second kappa shape index (κ2) is 9.59. The normalized spacial score (nSPS) is 10.9. The Bertz CT molecular complexity index is 1210. The molecule has 0 aromatic heterocycles. The highest BCUT2D eigenvalue weighted by Gasteiger charge is 2.15. The zero-order valence-corrected chi connectivity index (χ0v) is 20.0. The summed E-state index contributed by atoms with van der Waals surface area (Å²) in [6.45, 7) is 3.81. The van der Waals surface area contributed by atoms with Gasteiger partial charge >= 0.3 is 0 Å². The van der Waals surface area contributed by atoms with Gasteiger partial charge in [-0.25, -0.2) is 8.42 Å².